The summed E-state index contributed by atoms with van der Waals surface area (Å²) in [5, 5.41) is 13.2. The number of carboxylic acids is 1. The lowest BCUT2D eigenvalue weighted by molar-refractivity contribution is 0.0695. The van der Waals surface area contributed by atoms with Gasteiger partial charge in [-0.2, -0.15) is 0 Å². The monoisotopic (exact) mass is 401 g/mol. The van der Waals surface area contributed by atoms with Crippen molar-refractivity contribution in [3.8, 4) is 5.75 Å². The van der Waals surface area contributed by atoms with Crippen molar-refractivity contribution in [2.24, 2.45) is 5.92 Å². The van der Waals surface area contributed by atoms with Gasteiger partial charge in [-0.25, -0.2) is 9.18 Å². The number of carbonyl (C=O) groups is 1. The fourth-order valence-corrected chi connectivity index (χ4v) is 4.96. The molecule has 0 spiro atoms. The number of ether oxygens (including phenoxy) is 1. The number of aromatic carboxylic acids is 1. The molecule has 2 N–H and O–H groups in total. The number of rotatable bonds is 4. The van der Waals surface area contributed by atoms with E-state index in [4.69, 9.17) is 4.74 Å². The Morgan fingerprint density at radius 2 is 2.10 bits per heavy atom. The molecule has 5 rings (SSSR count). The number of methoxy groups -OCH3 is 1. The molecule has 8 heteroatoms. The first-order valence-corrected chi connectivity index (χ1v) is 10.2. The zero-order chi connectivity index (χ0) is 20.3. The van der Waals surface area contributed by atoms with Gasteiger partial charge >= 0.3 is 5.97 Å². The van der Waals surface area contributed by atoms with Crippen LogP contribution >= 0.6 is 0 Å². The van der Waals surface area contributed by atoms with Crippen molar-refractivity contribution in [1.29, 1.82) is 0 Å². The van der Waals surface area contributed by atoms with Crippen LogP contribution in [0.15, 0.2) is 17.1 Å². The third-order valence-electron chi connectivity index (χ3n) is 6.50. The predicted octanol–water partition coefficient (Wildman–Crippen LogP) is 2.37. The standard InChI is InChI=1S/C21H24FN3O4/c1-29-20-17-16(25(12-4-5-12)9-13(19(17)26)21(27)28)7-14(22)18(20)24-8-11-3-2-6-23-15(11)10-24/h7,9,11-12,15,23H,2-6,8,10H2,1H3,(H,27,28)/t11-,15+/m0/s1. The molecule has 2 saturated heterocycles. The van der Waals surface area contributed by atoms with E-state index in [1.165, 1.54) is 19.4 Å². The highest BCUT2D eigenvalue weighted by Gasteiger charge is 2.38. The highest BCUT2D eigenvalue weighted by molar-refractivity contribution is 5.97. The van der Waals surface area contributed by atoms with E-state index in [1.54, 1.807) is 4.57 Å². The lowest BCUT2D eigenvalue weighted by Gasteiger charge is -2.24. The van der Waals surface area contributed by atoms with Gasteiger partial charge in [-0.1, -0.05) is 0 Å². The molecule has 154 valence electrons. The molecule has 3 heterocycles. The molecule has 2 atom stereocenters. The summed E-state index contributed by atoms with van der Waals surface area (Å²) in [5.41, 5.74) is -0.275. The number of fused-ring (bicyclic) bond motifs is 2. The number of piperidine rings is 1. The number of pyridine rings is 1. The summed E-state index contributed by atoms with van der Waals surface area (Å²) in [6, 6.07) is 1.75. The highest BCUT2D eigenvalue weighted by Crippen LogP contribution is 2.43. The molecule has 1 aromatic heterocycles. The Hall–Kier alpha value is -2.61. The van der Waals surface area contributed by atoms with Crippen LogP contribution in [0.3, 0.4) is 0 Å². The molecule has 0 bridgehead atoms. The van der Waals surface area contributed by atoms with Gasteiger partial charge in [0.25, 0.3) is 0 Å². The van der Waals surface area contributed by atoms with Gasteiger partial charge in [0.15, 0.2) is 11.6 Å². The second-order valence-corrected chi connectivity index (χ2v) is 8.32. The van der Waals surface area contributed by atoms with Gasteiger partial charge in [0.2, 0.25) is 5.43 Å². The summed E-state index contributed by atoms with van der Waals surface area (Å²) in [4.78, 5) is 26.7. The maximum atomic E-state index is 15.4. The summed E-state index contributed by atoms with van der Waals surface area (Å²) >= 11 is 0. The van der Waals surface area contributed by atoms with Gasteiger partial charge in [0.05, 0.1) is 18.0 Å². The number of hydrogen-bond donors (Lipinski definition) is 2. The number of halogens is 1. The molecule has 0 radical (unpaired) electrons. The lowest BCUT2D eigenvalue weighted by Crippen LogP contribution is -2.40. The van der Waals surface area contributed by atoms with Crippen LogP contribution in [0.25, 0.3) is 10.9 Å². The first-order chi connectivity index (χ1) is 14.0. The number of benzene rings is 1. The minimum atomic E-state index is -1.28. The zero-order valence-electron chi connectivity index (χ0n) is 16.3. The van der Waals surface area contributed by atoms with Crippen LogP contribution in [-0.4, -0.2) is 48.4 Å². The molecule has 29 heavy (non-hydrogen) atoms. The van der Waals surface area contributed by atoms with Crippen molar-refractivity contribution in [2.75, 3.05) is 31.6 Å². The first-order valence-electron chi connectivity index (χ1n) is 10.2. The number of nitrogens with zero attached hydrogens (tertiary/aromatic N) is 2. The normalized spacial score (nSPS) is 24.0. The van der Waals surface area contributed by atoms with Crippen LogP contribution < -0.4 is 20.4 Å². The van der Waals surface area contributed by atoms with Gasteiger partial charge in [0, 0.05) is 37.4 Å². The van der Waals surface area contributed by atoms with Crippen molar-refractivity contribution >= 4 is 22.6 Å². The minimum Gasteiger partial charge on any atom is -0.494 e. The average molecular weight is 401 g/mol. The molecule has 1 saturated carbocycles. The Balaban J connectivity index is 1.73. The molecule has 0 unspecified atom stereocenters. The van der Waals surface area contributed by atoms with Crippen LogP contribution in [0, 0.1) is 11.7 Å². The fraction of sp³-hybridized carbons (Fsp3) is 0.524. The Labute approximate surface area is 167 Å². The Morgan fingerprint density at radius 3 is 2.76 bits per heavy atom. The van der Waals surface area contributed by atoms with Crippen LogP contribution in [0.2, 0.25) is 0 Å². The Morgan fingerprint density at radius 1 is 1.31 bits per heavy atom. The van der Waals surface area contributed by atoms with Crippen molar-refractivity contribution in [1.82, 2.24) is 9.88 Å². The Bertz CT molecular complexity index is 1050. The van der Waals surface area contributed by atoms with Gasteiger partial charge in [-0.3, -0.25) is 4.79 Å². The third-order valence-corrected chi connectivity index (χ3v) is 6.50. The molecule has 1 aromatic carbocycles. The minimum absolute atomic E-state index is 0.0880. The predicted molar refractivity (Wildman–Crippen MR) is 107 cm³/mol. The molecular formula is C21H24FN3O4. The molecule has 3 fully saturated rings. The van der Waals surface area contributed by atoms with Crippen LogP contribution in [0.5, 0.6) is 5.75 Å². The van der Waals surface area contributed by atoms with E-state index in [9.17, 15) is 14.7 Å². The molecule has 1 aliphatic carbocycles. The number of carboxylic acid groups (broad SMARTS) is 1. The lowest BCUT2D eigenvalue weighted by atomic mass is 9.94. The van der Waals surface area contributed by atoms with Crippen LogP contribution in [0.4, 0.5) is 10.1 Å². The zero-order valence-corrected chi connectivity index (χ0v) is 16.3. The summed E-state index contributed by atoms with van der Waals surface area (Å²) in [6.45, 7) is 2.28. The van der Waals surface area contributed by atoms with Crippen LogP contribution in [0.1, 0.15) is 42.1 Å². The largest absolute Gasteiger partial charge is 0.494 e. The SMILES string of the molecule is COc1c(N2C[C@@H]3CCCN[C@@H]3C2)c(F)cc2c1c(=O)c(C(=O)O)cn2C1CC1. The Kier molecular flexibility index (Phi) is 4.27. The number of hydrogen-bond acceptors (Lipinski definition) is 5. The topological polar surface area (TPSA) is 83.8 Å². The maximum Gasteiger partial charge on any atom is 0.341 e. The first kappa shape index (κ1) is 18.4. The van der Waals surface area contributed by atoms with E-state index in [1.807, 2.05) is 4.90 Å². The summed E-state index contributed by atoms with van der Waals surface area (Å²) in [7, 11) is 1.41. The average Bonchev–Trinajstić information content (AvgIpc) is 3.45. The molecule has 2 aliphatic heterocycles. The van der Waals surface area contributed by atoms with Crippen molar-refractivity contribution < 1.29 is 19.0 Å². The number of anilines is 1. The molecule has 2 aromatic rings. The number of nitrogens with one attached hydrogen (secondary N) is 1. The second-order valence-electron chi connectivity index (χ2n) is 8.32. The summed E-state index contributed by atoms with van der Waals surface area (Å²) < 4.78 is 22.7. The smallest absolute Gasteiger partial charge is 0.341 e. The summed E-state index contributed by atoms with van der Waals surface area (Å²) in [6.07, 6.45) is 5.29. The van der Waals surface area contributed by atoms with Gasteiger partial charge in [-0.05, 0) is 38.1 Å². The third kappa shape index (κ3) is 2.88. The van der Waals surface area contributed by atoms with Gasteiger partial charge in [0.1, 0.15) is 11.3 Å². The number of aromatic nitrogens is 1. The summed E-state index contributed by atoms with van der Waals surface area (Å²) in [5.74, 6) is -1.15. The van der Waals surface area contributed by atoms with Gasteiger partial charge < -0.3 is 24.6 Å². The van der Waals surface area contributed by atoms with Crippen molar-refractivity contribution in [2.45, 2.75) is 37.8 Å². The molecule has 3 aliphatic rings. The second kappa shape index (κ2) is 6.73. The highest BCUT2D eigenvalue weighted by atomic mass is 19.1. The van der Waals surface area contributed by atoms with Crippen molar-refractivity contribution in [3.63, 3.8) is 0 Å². The van der Waals surface area contributed by atoms with Crippen molar-refractivity contribution in [3.05, 3.63) is 33.9 Å². The van der Waals surface area contributed by atoms with Gasteiger partial charge in [-0.15, -0.1) is 0 Å². The van der Waals surface area contributed by atoms with E-state index >= 15 is 4.39 Å². The quantitative estimate of drug-likeness (QED) is 0.819. The maximum absolute atomic E-state index is 15.4. The van der Waals surface area contributed by atoms with E-state index < -0.39 is 17.2 Å². The molecule has 0 amide bonds. The molecular weight excluding hydrogens is 377 g/mol. The van der Waals surface area contributed by atoms with E-state index in [0.717, 1.165) is 32.2 Å². The van der Waals surface area contributed by atoms with E-state index in [0.29, 0.717) is 24.5 Å². The molecule has 7 nitrogen and oxygen atoms in total. The van der Waals surface area contributed by atoms with E-state index in [-0.39, 0.29) is 34.5 Å². The van der Waals surface area contributed by atoms with Crippen LogP contribution in [-0.2, 0) is 0 Å². The van der Waals surface area contributed by atoms with E-state index in [2.05, 4.69) is 5.32 Å². The fourth-order valence-electron chi connectivity index (χ4n) is 4.96.